The zero-order valence-electron chi connectivity index (χ0n) is 9.69. The molecule has 0 aliphatic carbocycles. The summed E-state index contributed by atoms with van der Waals surface area (Å²) in [4.78, 5) is 11.6. The van der Waals surface area contributed by atoms with E-state index in [1.807, 2.05) is 0 Å². The summed E-state index contributed by atoms with van der Waals surface area (Å²) < 4.78 is 25.8. The molecule has 0 spiro atoms. The molecule has 0 fully saturated rings. The molecule has 0 radical (unpaired) electrons. The predicted molar refractivity (Wildman–Crippen MR) is 66.7 cm³/mol. The maximum Gasteiger partial charge on any atom is 0.282 e. The van der Waals surface area contributed by atoms with Gasteiger partial charge < -0.3 is 11.1 Å². The summed E-state index contributed by atoms with van der Waals surface area (Å²) in [7, 11) is 0. The number of carbonyl (C=O) groups excluding carboxylic acids is 1. The second kappa shape index (κ2) is 5.70. The van der Waals surface area contributed by atoms with E-state index in [0.29, 0.717) is 12.0 Å². The Balaban J connectivity index is 1.88. The van der Waals surface area contributed by atoms with E-state index in [-0.39, 0.29) is 16.7 Å². The summed E-state index contributed by atoms with van der Waals surface area (Å²) in [6.07, 6.45) is 0.314. The molecule has 0 saturated heterocycles. The van der Waals surface area contributed by atoms with Gasteiger partial charge in [-0.15, -0.1) is 10.2 Å². The van der Waals surface area contributed by atoms with Gasteiger partial charge in [-0.3, -0.25) is 4.79 Å². The van der Waals surface area contributed by atoms with Gasteiger partial charge in [-0.25, -0.2) is 8.78 Å². The van der Waals surface area contributed by atoms with Crippen LogP contribution in [0.3, 0.4) is 0 Å². The number of hydrogen-bond acceptors (Lipinski definition) is 5. The summed E-state index contributed by atoms with van der Waals surface area (Å²) in [5.74, 6) is -1.69. The van der Waals surface area contributed by atoms with Crippen LogP contribution in [0.2, 0.25) is 0 Å². The quantitative estimate of drug-likeness (QED) is 0.888. The van der Waals surface area contributed by atoms with Gasteiger partial charge in [0.15, 0.2) is 0 Å². The van der Waals surface area contributed by atoms with Crippen molar-refractivity contribution in [1.29, 1.82) is 0 Å². The number of nitrogens with one attached hydrogen (secondary N) is 1. The smallest absolute Gasteiger partial charge is 0.282 e. The minimum absolute atomic E-state index is 0.155. The second-order valence-electron chi connectivity index (χ2n) is 3.73. The molecule has 0 aliphatic heterocycles. The van der Waals surface area contributed by atoms with Crippen molar-refractivity contribution in [2.24, 2.45) is 0 Å². The Hall–Kier alpha value is -2.09. The molecular weight excluding hydrogens is 274 g/mol. The lowest BCUT2D eigenvalue weighted by molar-refractivity contribution is 0.0953. The second-order valence-corrected chi connectivity index (χ2v) is 4.74. The molecular formula is C11H10F2N4OS. The first-order valence-electron chi connectivity index (χ1n) is 5.37. The molecule has 5 nitrogen and oxygen atoms in total. The monoisotopic (exact) mass is 284 g/mol. The first-order chi connectivity index (χ1) is 9.04. The highest BCUT2D eigenvalue weighted by molar-refractivity contribution is 7.16. The van der Waals surface area contributed by atoms with Crippen LogP contribution >= 0.6 is 11.3 Å². The first-order valence-corrected chi connectivity index (χ1v) is 6.18. The van der Waals surface area contributed by atoms with Crippen molar-refractivity contribution in [3.8, 4) is 0 Å². The average Bonchev–Trinajstić information content (AvgIpc) is 2.74. The number of benzene rings is 1. The molecule has 0 bridgehead atoms. The standard InChI is InChI=1S/C11H10F2N4OS/c12-7-3-6(4-8(13)5-7)1-2-15-9(18)10-16-17-11(14)19-10/h3-5H,1-2H2,(H2,14,17)(H,15,18). The highest BCUT2D eigenvalue weighted by atomic mass is 32.1. The fourth-order valence-electron chi connectivity index (χ4n) is 1.48. The molecule has 0 saturated carbocycles. The van der Waals surface area contributed by atoms with Gasteiger partial charge in [0.2, 0.25) is 10.1 Å². The Morgan fingerprint density at radius 3 is 2.53 bits per heavy atom. The largest absolute Gasteiger partial charge is 0.374 e. The summed E-state index contributed by atoms with van der Waals surface area (Å²) in [5.41, 5.74) is 5.82. The highest BCUT2D eigenvalue weighted by Gasteiger charge is 2.10. The molecule has 0 atom stereocenters. The van der Waals surface area contributed by atoms with Crippen LogP contribution in [0.5, 0.6) is 0 Å². The Bertz CT molecular complexity index is 582. The third kappa shape index (κ3) is 3.68. The lowest BCUT2D eigenvalue weighted by Crippen LogP contribution is -2.25. The number of hydrogen-bond donors (Lipinski definition) is 2. The van der Waals surface area contributed by atoms with E-state index in [9.17, 15) is 13.6 Å². The van der Waals surface area contributed by atoms with Crippen molar-refractivity contribution in [3.63, 3.8) is 0 Å². The number of rotatable bonds is 4. The molecule has 0 aliphatic rings. The average molecular weight is 284 g/mol. The van der Waals surface area contributed by atoms with E-state index >= 15 is 0 Å². The van der Waals surface area contributed by atoms with E-state index in [2.05, 4.69) is 15.5 Å². The van der Waals surface area contributed by atoms with Crippen LogP contribution < -0.4 is 11.1 Å². The molecule has 100 valence electrons. The van der Waals surface area contributed by atoms with Gasteiger partial charge in [0, 0.05) is 12.6 Å². The molecule has 1 aromatic heterocycles. The lowest BCUT2D eigenvalue weighted by Gasteiger charge is -2.03. The van der Waals surface area contributed by atoms with Crippen molar-refractivity contribution < 1.29 is 13.6 Å². The number of halogens is 2. The fraction of sp³-hybridized carbons (Fsp3) is 0.182. The summed E-state index contributed by atoms with van der Waals surface area (Å²) in [5, 5.41) is 10.0. The molecule has 1 aromatic carbocycles. The van der Waals surface area contributed by atoms with Gasteiger partial charge in [0.1, 0.15) is 11.6 Å². The van der Waals surface area contributed by atoms with Crippen molar-refractivity contribution in [3.05, 3.63) is 40.4 Å². The number of carbonyl (C=O) groups is 1. The lowest BCUT2D eigenvalue weighted by atomic mass is 10.1. The normalized spacial score (nSPS) is 10.4. The number of anilines is 1. The van der Waals surface area contributed by atoms with Gasteiger partial charge >= 0.3 is 0 Å². The topological polar surface area (TPSA) is 80.9 Å². The molecule has 1 amide bonds. The Morgan fingerprint density at radius 2 is 1.95 bits per heavy atom. The van der Waals surface area contributed by atoms with Crippen LogP contribution in [-0.4, -0.2) is 22.6 Å². The van der Waals surface area contributed by atoms with Crippen molar-refractivity contribution in [2.45, 2.75) is 6.42 Å². The SMILES string of the molecule is Nc1nnc(C(=O)NCCc2cc(F)cc(F)c2)s1. The summed E-state index contributed by atoms with van der Waals surface area (Å²) in [6, 6.07) is 3.24. The van der Waals surface area contributed by atoms with Crippen molar-refractivity contribution in [2.75, 3.05) is 12.3 Å². The van der Waals surface area contributed by atoms with E-state index in [0.717, 1.165) is 17.4 Å². The Kier molecular flexibility index (Phi) is 4.00. The number of amides is 1. The van der Waals surface area contributed by atoms with Crippen LogP contribution in [0.15, 0.2) is 18.2 Å². The molecule has 1 heterocycles. The highest BCUT2D eigenvalue weighted by Crippen LogP contribution is 2.11. The predicted octanol–water partition coefficient (Wildman–Crippen LogP) is 1.37. The first kappa shape index (κ1) is 13.3. The van der Waals surface area contributed by atoms with Crippen LogP contribution in [0.1, 0.15) is 15.4 Å². The molecule has 2 aromatic rings. The number of nitrogens with zero attached hydrogens (tertiary/aromatic N) is 2. The number of nitrogens with two attached hydrogens (primary N) is 1. The van der Waals surface area contributed by atoms with Gasteiger partial charge in [-0.2, -0.15) is 0 Å². The minimum Gasteiger partial charge on any atom is -0.374 e. The zero-order valence-corrected chi connectivity index (χ0v) is 10.5. The van der Waals surface area contributed by atoms with Crippen LogP contribution in [0, 0.1) is 11.6 Å². The fourth-order valence-corrected chi connectivity index (χ4v) is 2.00. The third-order valence-corrected chi connectivity index (χ3v) is 3.01. The van der Waals surface area contributed by atoms with Crippen molar-refractivity contribution >= 4 is 22.4 Å². The van der Waals surface area contributed by atoms with Gasteiger partial charge in [0.25, 0.3) is 5.91 Å². The van der Waals surface area contributed by atoms with E-state index in [1.54, 1.807) is 0 Å². The van der Waals surface area contributed by atoms with Gasteiger partial charge in [0.05, 0.1) is 0 Å². The van der Waals surface area contributed by atoms with Crippen LogP contribution in [0.25, 0.3) is 0 Å². The number of nitrogen functional groups attached to an aromatic ring is 1. The maximum atomic E-state index is 12.9. The van der Waals surface area contributed by atoms with Crippen LogP contribution in [0.4, 0.5) is 13.9 Å². The van der Waals surface area contributed by atoms with Gasteiger partial charge in [-0.05, 0) is 24.1 Å². The molecule has 2 rings (SSSR count). The summed E-state index contributed by atoms with van der Waals surface area (Å²) >= 11 is 0.971. The third-order valence-electron chi connectivity index (χ3n) is 2.26. The van der Waals surface area contributed by atoms with Crippen LogP contribution in [-0.2, 0) is 6.42 Å². The van der Waals surface area contributed by atoms with Crippen molar-refractivity contribution in [1.82, 2.24) is 15.5 Å². The zero-order chi connectivity index (χ0) is 13.8. The van der Waals surface area contributed by atoms with Gasteiger partial charge in [-0.1, -0.05) is 11.3 Å². The van der Waals surface area contributed by atoms with E-state index < -0.39 is 17.5 Å². The van der Waals surface area contributed by atoms with E-state index in [1.165, 1.54) is 12.1 Å². The maximum absolute atomic E-state index is 12.9. The molecule has 19 heavy (non-hydrogen) atoms. The Morgan fingerprint density at radius 1 is 1.26 bits per heavy atom. The van der Waals surface area contributed by atoms with E-state index in [4.69, 9.17) is 5.73 Å². The Labute approximate surface area is 111 Å². The minimum atomic E-state index is -0.641. The molecule has 3 N–H and O–H groups in total. The summed E-state index contributed by atoms with van der Waals surface area (Å²) in [6.45, 7) is 0.237. The molecule has 8 heteroatoms. The molecule has 0 unspecified atom stereocenters. The number of aromatic nitrogens is 2.